The zero-order valence-corrected chi connectivity index (χ0v) is 13.3. The van der Waals surface area contributed by atoms with Crippen molar-refractivity contribution in [1.82, 2.24) is 10.3 Å². The molecule has 1 aromatic rings. The van der Waals surface area contributed by atoms with E-state index < -0.39 is 0 Å². The minimum absolute atomic E-state index is 0.509. The van der Waals surface area contributed by atoms with Crippen LogP contribution in [0.3, 0.4) is 0 Å². The highest BCUT2D eigenvalue weighted by Crippen LogP contribution is 2.32. The molecule has 1 atom stereocenters. The van der Waals surface area contributed by atoms with Gasteiger partial charge in [0.25, 0.3) is 0 Å². The first kappa shape index (κ1) is 14.2. The summed E-state index contributed by atoms with van der Waals surface area (Å²) in [5.74, 6) is 1.73. The quantitative estimate of drug-likeness (QED) is 0.920. The van der Waals surface area contributed by atoms with Gasteiger partial charge in [-0.25, -0.2) is 4.98 Å². The maximum atomic E-state index is 4.88. The molecule has 5 heteroatoms. The molecule has 1 aromatic heterocycles. The second-order valence-corrected chi connectivity index (χ2v) is 7.73. The molecule has 0 saturated carbocycles. The van der Waals surface area contributed by atoms with Crippen LogP contribution in [0.25, 0.3) is 0 Å². The lowest BCUT2D eigenvalue weighted by molar-refractivity contribution is 0.754. The van der Waals surface area contributed by atoms with E-state index in [2.05, 4.69) is 42.7 Å². The number of thioether (sulfide) groups is 1. The summed E-state index contributed by atoms with van der Waals surface area (Å²) in [4.78, 5) is 8.73. The van der Waals surface area contributed by atoms with Gasteiger partial charge in [0.05, 0.1) is 5.69 Å². The standard InChI is InChI=1S/C13H23N3S2/c1-9(2)12-11(7-14-4)18-13(15-12)16-5-6-17-10(3)8-16/h9-10,14H,5-8H2,1-4H3. The van der Waals surface area contributed by atoms with E-state index in [1.165, 1.54) is 21.5 Å². The summed E-state index contributed by atoms with van der Waals surface area (Å²) in [6, 6.07) is 0. The molecule has 2 rings (SSSR count). The number of nitrogens with one attached hydrogen (secondary N) is 1. The summed E-state index contributed by atoms with van der Waals surface area (Å²) in [6.45, 7) is 9.97. The average molecular weight is 285 g/mol. The van der Waals surface area contributed by atoms with E-state index in [4.69, 9.17) is 4.98 Å². The molecule has 1 saturated heterocycles. The van der Waals surface area contributed by atoms with Crippen LogP contribution in [0.1, 0.15) is 37.3 Å². The molecular weight excluding hydrogens is 262 g/mol. The van der Waals surface area contributed by atoms with Crippen LogP contribution in [-0.2, 0) is 6.54 Å². The lowest BCUT2D eigenvalue weighted by atomic mass is 10.1. The van der Waals surface area contributed by atoms with Gasteiger partial charge >= 0.3 is 0 Å². The van der Waals surface area contributed by atoms with Gasteiger partial charge in [-0.05, 0) is 13.0 Å². The third-order valence-electron chi connectivity index (χ3n) is 3.11. The van der Waals surface area contributed by atoms with Crippen molar-refractivity contribution in [3.63, 3.8) is 0 Å². The maximum Gasteiger partial charge on any atom is 0.185 e. The van der Waals surface area contributed by atoms with Gasteiger partial charge in [0.2, 0.25) is 0 Å². The molecule has 3 nitrogen and oxygen atoms in total. The van der Waals surface area contributed by atoms with Crippen LogP contribution in [0.4, 0.5) is 5.13 Å². The molecule has 1 aliphatic heterocycles. The molecule has 0 spiro atoms. The minimum atomic E-state index is 0.509. The Balaban J connectivity index is 2.19. The fraction of sp³-hybridized carbons (Fsp3) is 0.769. The van der Waals surface area contributed by atoms with Crippen LogP contribution in [-0.4, -0.2) is 36.1 Å². The van der Waals surface area contributed by atoms with Gasteiger partial charge in [-0.3, -0.25) is 0 Å². The van der Waals surface area contributed by atoms with Gasteiger partial charge in [-0.2, -0.15) is 11.8 Å². The number of hydrogen-bond acceptors (Lipinski definition) is 5. The van der Waals surface area contributed by atoms with Crippen molar-refractivity contribution in [3.05, 3.63) is 10.6 Å². The molecule has 0 aliphatic carbocycles. The van der Waals surface area contributed by atoms with Crippen molar-refractivity contribution in [2.24, 2.45) is 0 Å². The third kappa shape index (κ3) is 3.19. The van der Waals surface area contributed by atoms with E-state index in [0.29, 0.717) is 5.92 Å². The highest BCUT2D eigenvalue weighted by atomic mass is 32.2. The summed E-state index contributed by atoms with van der Waals surface area (Å²) in [5.41, 5.74) is 1.27. The first-order valence-corrected chi connectivity index (χ1v) is 8.49. The van der Waals surface area contributed by atoms with Gasteiger partial charge in [0.1, 0.15) is 0 Å². The predicted octanol–water partition coefficient (Wildman–Crippen LogP) is 2.93. The number of aromatic nitrogens is 1. The molecule has 1 aliphatic rings. The fourth-order valence-electron chi connectivity index (χ4n) is 2.22. The van der Waals surface area contributed by atoms with Crippen LogP contribution in [0, 0.1) is 0 Å². The lowest BCUT2D eigenvalue weighted by Crippen LogP contribution is -2.36. The molecule has 2 heterocycles. The SMILES string of the molecule is CNCc1sc(N2CCSC(C)C2)nc1C(C)C. The molecule has 0 aromatic carbocycles. The molecule has 0 amide bonds. The predicted molar refractivity (Wildman–Crippen MR) is 83.1 cm³/mol. The Morgan fingerprint density at radius 3 is 2.89 bits per heavy atom. The second-order valence-electron chi connectivity index (χ2n) is 5.12. The second kappa shape index (κ2) is 6.26. The van der Waals surface area contributed by atoms with Crippen LogP contribution < -0.4 is 10.2 Å². The van der Waals surface area contributed by atoms with Crippen molar-refractivity contribution >= 4 is 28.2 Å². The van der Waals surface area contributed by atoms with E-state index >= 15 is 0 Å². The molecule has 1 fully saturated rings. The van der Waals surface area contributed by atoms with Gasteiger partial charge in [-0.1, -0.05) is 20.8 Å². The molecule has 0 bridgehead atoms. The van der Waals surface area contributed by atoms with Crippen molar-refractivity contribution < 1.29 is 0 Å². The highest BCUT2D eigenvalue weighted by Gasteiger charge is 2.22. The maximum absolute atomic E-state index is 4.88. The summed E-state index contributed by atoms with van der Waals surface area (Å²) in [5, 5.41) is 5.19. The first-order valence-electron chi connectivity index (χ1n) is 6.62. The zero-order chi connectivity index (χ0) is 13.1. The number of hydrogen-bond donors (Lipinski definition) is 1. The number of nitrogens with zero attached hydrogens (tertiary/aromatic N) is 2. The molecule has 102 valence electrons. The Hall–Kier alpha value is -0.260. The molecule has 1 unspecified atom stereocenters. The highest BCUT2D eigenvalue weighted by molar-refractivity contribution is 8.00. The van der Waals surface area contributed by atoms with E-state index in [0.717, 1.165) is 24.9 Å². The Bertz CT molecular complexity index is 390. The van der Waals surface area contributed by atoms with Crippen molar-refractivity contribution in [3.8, 4) is 0 Å². The average Bonchev–Trinajstić information content (AvgIpc) is 2.74. The number of rotatable bonds is 4. The van der Waals surface area contributed by atoms with Crippen LogP contribution >= 0.6 is 23.1 Å². The van der Waals surface area contributed by atoms with Crippen molar-refractivity contribution in [2.45, 2.75) is 38.5 Å². The molecular formula is C13H23N3S2. The smallest absolute Gasteiger partial charge is 0.185 e. The Kier molecular flexibility index (Phi) is 4.92. The topological polar surface area (TPSA) is 28.2 Å². The first-order chi connectivity index (χ1) is 8.61. The Morgan fingerprint density at radius 1 is 1.50 bits per heavy atom. The van der Waals surface area contributed by atoms with Crippen LogP contribution in [0.5, 0.6) is 0 Å². The third-order valence-corrected chi connectivity index (χ3v) is 5.38. The monoisotopic (exact) mass is 285 g/mol. The van der Waals surface area contributed by atoms with Gasteiger partial charge in [0.15, 0.2) is 5.13 Å². The minimum Gasteiger partial charge on any atom is -0.346 e. The van der Waals surface area contributed by atoms with Crippen LogP contribution in [0.15, 0.2) is 0 Å². The van der Waals surface area contributed by atoms with E-state index in [1.807, 2.05) is 18.4 Å². The molecule has 1 N–H and O–H groups in total. The number of anilines is 1. The zero-order valence-electron chi connectivity index (χ0n) is 11.7. The summed E-state index contributed by atoms with van der Waals surface area (Å²) in [6.07, 6.45) is 0. The summed E-state index contributed by atoms with van der Waals surface area (Å²) >= 11 is 3.93. The fourth-order valence-corrected chi connectivity index (χ4v) is 4.49. The molecule has 18 heavy (non-hydrogen) atoms. The summed E-state index contributed by atoms with van der Waals surface area (Å²) < 4.78 is 0. The van der Waals surface area contributed by atoms with Gasteiger partial charge in [0, 0.05) is 35.5 Å². The van der Waals surface area contributed by atoms with E-state index in [1.54, 1.807) is 0 Å². The molecule has 0 radical (unpaired) electrons. The van der Waals surface area contributed by atoms with E-state index in [9.17, 15) is 0 Å². The van der Waals surface area contributed by atoms with Crippen molar-refractivity contribution in [1.29, 1.82) is 0 Å². The largest absolute Gasteiger partial charge is 0.346 e. The van der Waals surface area contributed by atoms with Gasteiger partial charge in [-0.15, -0.1) is 11.3 Å². The normalized spacial score (nSPS) is 20.7. The Morgan fingerprint density at radius 2 is 2.28 bits per heavy atom. The van der Waals surface area contributed by atoms with Crippen LogP contribution in [0.2, 0.25) is 0 Å². The Labute approximate surface area is 118 Å². The number of thiazole rings is 1. The van der Waals surface area contributed by atoms with Crippen molar-refractivity contribution in [2.75, 3.05) is 30.8 Å². The lowest BCUT2D eigenvalue weighted by Gasteiger charge is -2.30. The van der Waals surface area contributed by atoms with E-state index in [-0.39, 0.29) is 0 Å². The summed E-state index contributed by atoms with van der Waals surface area (Å²) in [7, 11) is 2.00. The van der Waals surface area contributed by atoms with Gasteiger partial charge < -0.3 is 10.2 Å².